The fourth-order valence-corrected chi connectivity index (χ4v) is 2.75. The first kappa shape index (κ1) is 21.3. The Bertz CT molecular complexity index is 1060. The molecule has 3 rings (SSSR count). The van der Waals surface area contributed by atoms with Gasteiger partial charge < -0.3 is 20.9 Å². The number of carbonyl (C=O) groups is 2. The van der Waals surface area contributed by atoms with E-state index in [1.807, 2.05) is 0 Å². The number of rotatable bonds is 7. The smallest absolute Gasteiger partial charge is 0.267 e. The zero-order valence-electron chi connectivity index (χ0n) is 15.8. The highest BCUT2D eigenvalue weighted by molar-refractivity contribution is 6.30. The molecule has 1 unspecified atom stereocenters. The van der Waals surface area contributed by atoms with Gasteiger partial charge in [-0.2, -0.15) is 4.98 Å². The maximum Gasteiger partial charge on any atom is 0.267 e. The maximum atomic E-state index is 13.8. The Kier molecular flexibility index (Phi) is 6.31. The summed E-state index contributed by atoms with van der Waals surface area (Å²) in [6.45, 7) is 1.45. The number of aromatic nitrogens is 2. The molecule has 1 aliphatic rings. The number of benzene rings is 1. The van der Waals surface area contributed by atoms with Crippen LogP contribution in [0.1, 0.15) is 35.6 Å². The first-order valence-corrected chi connectivity index (χ1v) is 9.26. The average Bonchev–Trinajstić information content (AvgIpc) is 2.71. The van der Waals surface area contributed by atoms with Crippen LogP contribution in [0.4, 0.5) is 4.39 Å². The number of nitrogens with two attached hydrogens (primary N) is 2. The van der Waals surface area contributed by atoms with E-state index in [0.717, 1.165) is 0 Å². The van der Waals surface area contributed by atoms with Gasteiger partial charge in [-0.25, -0.2) is 9.37 Å². The fourth-order valence-electron chi connectivity index (χ4n) is 2.58. The van der Waals surface area contributed by atoms with Gasteiger partial charge in [0.1, 0.15) is 17.3 Å². The fraction of sp³-hybridized carbons (Fsp3) is 0.200. The van der Waals surface area contributed by atoms with E-state index in [4.69, 9.17) is 32.5 Å². The summed E-state index contributed by atoms with van der Waals surface area (Å²) in [5, 5.41) is 0.346. The third kappa shape index (κ3) is 5.12. The second-order valence-corrected chi connectivity index (χ2v) is 6.90. The highest BCUT2D eigenvalue weighted by Gasteiger charge is 2.21. The van der Waals surface area contributed by atoms with Crippen LogP contribution in [-0.4, -0.2) is 27.9 Å². The zero-order chi connectivity index (χ0) is 21.8. The molecule has 2 atom stereocenters. The summed E-state index contributed by atoms with van der Waals surface area (Å²) in [6, 6.07) is 5.25. The highest BCUT2D eigenvalue weighted by atomic mass is 35.5. The van der Waals surface area contributed by atoms with Crippen molar-refractivity contribution in [3.05, 3.63) is 70.6 Å². The third-order valence-corrected chi connectivity index (χ3v) is 4.42. The molecular formula is C20H18ClFN4O4. The first-order valence-electron chi connectivity index (χ1n) is 8.89. The van der Waals surface area contributed by atoms with Gasteiger partial charge in [0.15, 0.2) is 17.7 Å². The van der Waals surface area contributed by atoms with E-state index in [9.17, 15) is 14.0 Å². The van der Waals surface area contributed by atoms with Crippen molar-refractivity contribution >= 4 is 23.4 Å². The molecule has 0 aliphatic heterocycles. The number of nitrogens with zero attached hydrogens (tertiary/aromatic N) is 2. The van der Waals surface area contributed by atoms with Gasteiger partial charge in [0.25, 0.3) is 11.8 Å². The van der Waals surface area contributed by atoms with Crippen LogP contribution in [0.2, 0.25) is 5.02 Å². The van der Waals surface area contributed by atoms with E-state index < -0.39 is 23.7 Å². The summed E-state index contributed by atoms with van der Waals surface area (Å²) >= 11 is 5.87. The van der Waals surface area contributed by atoms with E-state index in [-0.39, 0.29) is 29.1 Å². The van der Waals surface area contributed by atoms with Crippen LogP contribution in [0.15, 0.2) is 48.3 Å². The van der Waals surface area contributed by atoms with Gasteiger partial charge in [-0.1, -0.05) is 17.7 Å². The van der Waals surface area contributed by atoms with Gasteiger partial charge in [0, 0.05) is 23.1 Å². The molecule has 1 heterocycles. The Hall–Kier alpha value is -3.46. The molecule has 0 radical (unpaired) electrons. The van der Waals surface area contributed by atoms with Crippen molar-refractivity contribution in [2.45, 2.75) is 25.4 Å². The number of halogens is 2. The summed E-state index contributed by atoms with van der Waals surface area (Å²) in [6.07, 6.45) is 4.53. The summed E-state index contributed by atoms with van der Waals surface area (Å²) in [4.78, 5) is 31.3. The van der Waals surface area contributed by atoms with Crippen LogP contribution in [0.5, 0.6) is 11.6 Å². The van der Waals surface area contributed by atoms with E-state index in [0.29, 0.717) is 17.2 Å². The molecule has 0 bridgehead atoms. The van der Waals surface area contributed by atoms with Crippen molar-refractivity contribution in [2.75, 3.05) is 0 Å². The van der Waals surface area contributed by atoms with Crippen molar-refractivity contribution < 1.29 is 23.5 Å². The number of allylic oxidation sites excluding steroid dienone is 3. The van der Waals surface area contributed by atoms with Gasteiger partial charge in [-0.05, 0) is 37.6 Å². The standard InChI is InChI=1S/C20H18ClFN4O4/c1-10(18(23)27)29-17-9-15(19(24)28)25-20(26-17)11-2-5-13(6-3-11)30-16-8-12(21)4-7-14(16)22/h2,4-11H,3H2,1H3,(H2,23,27)(H2,24,28)/t10-,11?/m0/s1. The van der Waals surface area contributed by atoms with E-state index in [1.165, 1.54) is 31.2 Å². The lowest BCUT2D eigenvalue weighted by Gasteiger charge is -2.18. The van der Waals surface area contributed by atoms with Crippen molar-refractivity contribution in [2.24, 2.45) is 11.5 Å². The lowest BCUT2D eigenvalue weighted by molar-refractivity contribution is -0.124. The van der Waals surface area contributed by atoms with E-state index in [1.54, 1.807) is 18.2 Å². The summed E-state index contributed by atoms with van der Waals surface area (Å²) in [5.74, 6) is -1.65. The Morgan fingerprint density at radius 1 is 1.27 bits per heavy atom. The van der Waals surface area contributed by atoms with Crippen LogP contribution in [0.3, 0.4) is 0 Å². The molecular weight excluding hydrogens is 415 g/mol. The highest BCUT2D eigenvalue weighted by Crippen LogP contribution is 2.29. The summed E-state index contributed by atoms with van der Waals surface area (Å²) < 4.78 is 24.8. The topological polar surface area (TPSA) is 130 Å². The molecule has 0 saturated carbocycles. The maximum absolute atomic E-state index is 13.8. The van der Waals surface area contributed by atoms with Crippen molar-refractivity contribution in [3.63, 3.8) is 0 Å². The lowest BCUT2D eigenvalue weighted by Crippen LogP contribution is -2.31. The van der Waals surface area contributed by atoms with Crippen molar-refractivity contribution in [1.82, 2.24) is 9.97 Å². The predicted molar refractivity (Wildman–Crippen MR) is 106 cm³/mol. The molecule has 2 amide bonds. The molecule has 0 spiro atoms. The minimum atomic E-state index is -0.956. The van der Waals surface area contributed by atoms with Gasteiger partial charge in [0.2, 0.25) is 5.88 Å². The summed E-state index contributed by atoms with van der Waals surface area (Å²) in [5.41, 5.74) is 10.5. The monoisotopic (exact) mass is 432 g/mol. The number of ether oxygens (including phenoxy) is 2. The molecule has 1 aromatic carbocycles. The molecule has 0 saturated heterocycles. The van der Waals surface area contributed by atoms with Crippen molar-refractivity contribution in [3.8, 4) is 11.6 Å². The molecule has 0 fully saturated rings. The number of amides is 2. The molecule has 2 aromatic rings. The second kappa shape index (κ2) is 8.91. The minimum absolute atomic E-state index is 0.0000450. The van der Waals surface area contributed by atoms with Crippen LogP contribution >= 0.6 is 11.6 Å². The predicted octanol–water partition coefficient (Wildman–Crippen LogP) is 2.63. The van der Waals surface area contributed by atoms with Gasteiger partial charge in [-0.3, -0.25) is 9.59 Å². The lowest BCUT2D eigenvalue weighted by atomic mass is 9.99. The van der Waals surface area contributed by atoms with Gasteiger partial charge in [-0.15, -0.1) is 0 Å². The normalized spacial score (nSPS) is 16.5. The molecule has 4 N–H and O–H groups in total. The van der Waals surface area contributed by atoms with Gasteiger partial charge >= 0.3 is 0 Å². The molecule has 8 nitrogen and oxygen atoms in total. The van der Waals surface area contributed by atoms with Crippen LogP contribution in [0, 0.1) is 5.82 Å². The number of hydrogen-bond acceptors (Lipinski definition) is 6. The molecule has 156 valence electrons. The number of carbonyl (C=O) groups excluding carboxylic acids is 2. The third-order valence-electron chi connectivity index (χ3n) is 4.19. The average molecular weight is 433 g/mol. The Morgan fingerprint density at radius 3 is 2.67 bits per heavy atom. The van der Waals surface area contributed by atoms with E-state index >= 15 is 0 Å². The SMILES string of the molecule is C[C@H](Oc1cc(C(N)=O)nc(C2C=CC(Oc3cc(Cl)ccc3F)=CC2)n1)C(N)=O. The van der Waals surface area contributed by atoms with Crippen LogP contribution in [-0.2, 0) is 4.79 Å². The Balaban J connectivity index is 1.79. The van der Waals surface area contributed by atoms with E-state index in [2.05, 4.69) is 9.97 Å². The largest absolute Gasteiger partial charge is 0.464 e. The number of hydrogen-bond donors (Lipinski definition) is 2. The minimum Gasteiger partial charge on any atom is -0.464 e. The summed E-state index contributed by atoms with van der Waals surface area (Å²) in [7, 11) is 0. The van der Waals surface area contributed by atoms with Crippen LogP contribution in [0.25, 0.3) is 0 Å². The van der Waals surface area contributed by atoms with Gasteiger partial charge in [0.05, 0.1) is 0 Å². The quantitative estimate of drug-likeness (QED) is 0.691. The first-order chi connectivity index (χ1) is 14.2. The molecule has 10 heteroatoms. The second-order valence-electron chi connectivity index (χ2n) is 6.46. The zero-order valence-corrected chi connectivity index (χ0v) is 16.6. The van der Waals surface area contributed by atoms with Crippen LogP contribution < -0.4 is 20.9 Å². The Morgan fingerprint density at radius 2 is 2.03 bits per heavy atom. The molecule has 1 aliphatic carbocycles. The molecule has 30 heavy (non-hydrogen) atoms. The Labute approximate surface area is 176 Å². The molecule has 1 aromatic heterocycles. The number of primary amides is 2. The van der Waals surface area contributed by atoms with Crippen molar-refractivity contribution in [1.29, 1.82) is 0 Å².